The maximum Gasteiger partial charge on any atom is 1.00 e. The van der Waals surface area contributed by atoms with E-state index in [4.69, 9.17) is 0 Å². The van der Waals surface area contributed by atoms with Gasteiger partial charge < -0.3 is 15.2 Å². The Morgan fingerprint density at radius 3 is 2.26 bits per heavy atom. The van der Waals surface area contributed by atoms with Crippen LogP contribution in [0.3, 0.4) is 0 Å². The second-order valence-corrected chi connectivity index (χ2v) is 10.3. The fourth-order valence-electron chi connectivity index (χ4n) is 2.55. The number of carbonyl (C=O) groups is 2. The summed E-state index contributed by atoms with van der Waals surface area (Å²) in [5, 5.41) is 5.07. The number of aryl methyl sites for hydroxylation is 1. The molecule has 1 atom stereocenters. The number of hydrogen-bond acceptors (Lipinski definition) is 7. The van der Waals surface area contributed by atoms with E-state index in [1.807, 2.05) is 31.2 Å². The third-order valence-electron chi connectivity index (χ3n) is 4.20. The number of benzene rings is 2. The zero-order valence-corrected chi connectivity index (χ0v) is 22.2. The first kappa shape index (κ1) is 27.7. The molecule has 0 aliphatic carbocycles. The molecule has 0 radical (unpaired) electrons. The van der Waals surface area contributed by atoms with E-state index >= 15 is 0 Å². The summed E-state index contributed by atoms with van der Waals surface area (Å²) in [4.78, 5) is 23.5. The largest absolute Gasteiger partial charge is 1.00 e. The summed E-state index contributed by atoms with van der Waals surface area (Å²) < 4.78 is 55.8. The Morgan fingerprint density at radius 2 is 1.71 bits per heavy atom. The van der Waals surface area contributed by atoms with Crippen LogP contribution >= 0.6 is 19.8 Å². The first-order valence-corrected chi connectivity index (χ1v) is 13.0. The number of carbonyl (C=O) groups excluding carboxylic acids is 2. The minimum Gasteiger partial charge on any atom is -0.744 e. The van der Waals surface area contributed by atoms with E-state index in [1.165, 1.54) is 6.92 Å². The Bertz CT molecular complexity index is 1120. The molecule has 0 spiro atoms. The molecule has 9 nitrogen and oxygen atoms in total. The third-order valence-corrected chi connectivity index (χ3v) is 7.34. The molecule has 2 amide bonds. The van der Waals surface area contributed by atoms with E-state index in [9.17, 15) is 28.7 Å². The average molecular weight is 570 g/mol. The second kappa shape index (κ2) is 12.0. The van der Waals surface area contributed by atoms with Crippen molar-refractivity contribution in [3.63, 3.8) is 0 Å². The van der Waals surface area contributed by atoms with E-state index < -0.39 is 56.2 Å². The number of amides is 2. The van der Waals surface area contributed by atoms with E-state index in [0.717, 1.165) is 23.3 Å². The Balaban J connectivity index is 0.00000480. The maximum absolute atomic E-state index is 12.3. The SMILES string of the molecule is Cc1ccc(CCNC(=O)[C@@H](C)NC(=O)c2ccc(I(=O)=O)c(S(=O)(=O)[O-])c2)cc1.[Na+]. The molecule has 2 aromatic rings. The van der Waals surface area contributed by atoms with E-state index in [1.54, 1.807) is 0 Å². The molecule has 0 saturated heterocycles. The molecule has 0 unspecified atom stereocenters. The second-order valence-electron chi connectivity index (χ2n) is 6.54. The van der Waals surface area contributed by atoms with Crippen molar-refractivity contribution in [2.24, 2.45) is 0 Å². The minimum atomic E-state index is -5.09. The van der Waals surface area contributed by atoms with Gasteiger partial charge >= 0.3 is 49.4 Å². The van der Waals surface area contributed by atoms with Crippen LogP contribution in [0.15, 0.2) is 47.4 Å². The summed E-state index contributed by atoms with van der Waals surface area (Å²) in [6.07, 6.45) is 0.606. The number of halogens is 1. The zero-order valence-electron chi connectivity index (χ0n) is 17.2. The van der Waals surface area contributed by atoms with Gasteiger partial charge in [0.1, 0.15) is 16.2 Å². The first-order valence-electron chi connectivity index (χ1n) is 8.78. The van der Waals surface area contributed by atoms with Gasteiger partial charge in [0.25, 0.3) is 5.91 Å². The molecule has 162 valence electrons. The van der Waals surface area contributed by atoms with Crippen LogP contribution in [0.2, 0.25) is 0 Å². The van der Waals surface area contributed by atoms with Gasteiger partial charge in [0.05, 0.1) is 8.47 Å². The molecule has 2 aromatic carbocycles. The van der Waals surface area contributed by atoms with Gasteiger partial charge in [0, 0.05) is 12.1 Å². The molecule has 0 saturated carbocycles. The van der Waals surface area contributed by atoms with E-state index in [2.05, 4.69) is 10.6 Å². The summed E-state index contributed by atoms with van der Waals surface area (Å²) in [7, 11) is -5.09. The molecule has 2 N–H and O–H groups in total. The van der Waals surface area contributed by atoms with E-state index in [-0.39, 0.29) is 35.1 Å². The molecular weight excluding hydrogens is 550 g/mol. The van der Waals surface area contributed by atoms with Crippen LogP contribution in [-0.2, 0) is 27.5 Å². The molecule has 0 aliphatic rings. The fourth-order valence-corrected chi connectivity index (χ4v) is 5.42. The molecule has 0 aliphatic heterocycles. The molecule has 12 heteroatoms. The van der Waals surface area contributed by atoms with Crippen LogP contribution in [0.25, 0.3) is 0 Å². The fraction of sp³-hybridized carbons (Fsp3) is 0.263. The molecular formula is C19H20IN2NaO7S. The maximum atomic E-state index is 12.3. The first-order chi connectivity index (χ1) is 14.0. The summed E-state index contributed by atoms with van der Waals surface area (Å²) in [6, 6.07) is 9.59. The van der Waals surface area contributed by atoms with Gasteiger partial charge in [-0.1, -0.05) is 29.8 Å². The Hall–Kier alpha value is -1.38. The van der Waals surface area contributed by atoms with Crippen molar-refractivity contribution in [2.75, 3.05) is 6.54 Å². The van der Waals surface area contributed by atoms with Crippen LogP contribution in [0.4, 0.5) is 0 Å². The standard InChI is InChI=1S/C19H21IN2O7S.Na/c1-12-3-5-14(6-4-12)9-10-21-18(23)13(2)22-19(24)15-7-8-16(20(25)26)17(11-15)30(27,28)29;/h3-8,11,13H,9-10H2,1-2H3,(H,21,23)(H,22,24)(H,27,28,29);/q;+1/p-1/t13-;/m1./s1. The number of hydrogen-bond donors (Lipinski definition) is 2. The van der Waals surface area contributed by atoms with Gasteiger partial charge in [0.15, 0.2) is 0 Å². The predicted octanol–water partition coefficient (Wildman–Crippen LogP) is -1.25. The van der Waals surface area contributed by atoms with E-state index in [0.29, 0.717) is 19.0 Å². The van der Waals surface area contributed by atoms with Crippen molar-refractivity contribution in [3.8, 4) is 0 Å². The monoisotopic (exact) mass is 570 g/mol. The van der Waals surface area contributed by atoms with Crippen LogP contribution in [0.5, 0.6) is 0 Å². The average Bonchev–Trinajstić information content (AvgIpc) is 2.68. The van der Waals surface area contributed by atoms with Gasteiger partial charge in [-0.15, -0.1) is 0 Å². The smallest absolute Gasteiger partial charge is 0.744 e. The van der Waals surface area contributed by atoms with Crippen molar-refractivity contribution in [3.05, 3.63) is 62.7 Å². The van der Waals surface area contributed by atoms with Crippen molar-refractivity contribution in [1.29, 1.82) is 0 Å². The molecule has 2 rings (SSSR count). The van der Waals surface area contributed by atoms with Gasteiger partial charge in [-0.3, -0.25) is 9.59 Å². The molecule has 0 heterocycles. The molecule has 0 bridgehead atoms. The summed E-state index contributed by atoms with van der Waals surface area (Å²) in [5.74, 6) is -1.26. The van der Waals surface area contributed by atoms with Crippen molar-refractivity contribution >= 4 is 41.7 Å². The van der Waals surface area contributed by atoms with Crippen LogP contribution < -0.4 is 40.2 Å². The van der Waals surface area contributed by atoms with Gasteiger partial charge in [-0.25, -0.2) is 14.6 Å². The normalized spacial score (nSPS) is 12.0. The van der Waals surface area contributed by atoms with Crippen LogP contribution in [0, 0.1) is 10.5 Å². The van der Waals surface area contributed by atoms with Crippen LogP contribution in [-0.4, -0.2) is 37.4 Å². The molecule has 31 heavy (non-hydrogen) atoms. The van der Waals surface area contributed by atoms with Gasteiger partial charge in [0.2, 0.25) is 5.91 Å². The van der Waals surface area contributed by atoms with Crippen molar-refractivity contribution in [2.45, 2.75) is 31.2 Å². The zero-order chi connectivity index (χ0) is 22.5. The van der Waals surface area contributed by atoms with Gasteiger partial charge in [-0.2, -0.15) is 0 Å². The summed E-state index contributed by atoms with van der Waals surface area (Å²) >= 11 is -4.26. The summed E-state index contributed by atoms with van der Waals surface area (Å²) in [6.45, 7) is 3.77. The quantitative estimate of drug-likeness (QED) is 0.229. The Kier molecular flexibility index (Phi) is 10.7. The van der Waals surface area contributed by atoms with Gasteiger partial charge in [-0.05, 0) is 44.0 Å². The molecule has 0 fully saturated rings. The third kappa shape index (κ3) is 8.24. The topological polar surface area (TPSA) is 150 Å². The molecule has 0 aromatic heterocycles. The van der Waals surface area contributed by atoms with Crippen molar-refractivity contribution in [1.82, 2.24) is 10.6 Å². The minimum absolute atomic E-state index is 0. The predicted molar refractivity (Wildman–Crippen MR) is 113 cm³/mol. The number of nitrogens with one attached hydrogen (secondary N) is 2. The summed E-state index contributed by atoms with van der Waals surface area (Å²) in [5.41, 5.74) is 1.93. The van der Waals surface area contributed by atoms with Crippen molar-refractivity contribution < 1.29 is 58.3 Å². The number of rotatable bonds is 8. The Morgan fingerprint density at radius 1 is 1.10 bits per heavy atom. The Labute approximate surface area is 209 Å². The van der Waals surface area contributed by atoms with Crippen LogP contribution in [0.1, 0.15) is 28.4 Å².